The molecule has 0 saturated carbocycles. The number of nitrogens with one attached hydrogen (secondary N) is 1. The third-order valence-electron chi connectivity index (χ3n) is 5.75. The second-order valence-electron chi connectivity index (χ2n) is 8.22. The molecule has 174 valence electrons. The molecular formula is C23H24F6N2O. The van der Waals surface area contributed by atoms with E-state index in [0.717, 1.165) is 11.1 Å². The predicted molar refractivity (Wildman–Crippen MR) is 108 cm³/mol. The molecule has 1 N–H and O–H groups in total. The molecule has 1 saturated heterocycles. The minimum absolute atomic E-state index is 0.0888. The van der Waals surface area contributed by atoms with Gasteiger partial charge in [-0.25, -0.2) is 0 Å². The zero-order valence-corrected chi connectivity index (χ0v) is 17.6. The highest BCUT2D eigenvalue weighted by Gasteiger charge is 2.38. The second-order valence-corrected chi connectivity index (χ2v) is 8.22. The molecule has 3 rings (SSSR count). The Bertz CT molecular complexity index is 920. The van der Waals surface area contributed by atoms with Crippen molar-refractivity contribution in [2.75, 3.05) is 20.1 Å². The van der Waals surface area contributed by atoms with Gasteiger partial charge < -0.3 is 10.2 Å². The number of rotatable bonds is 4. The first-order valence-electron chi connectivity index (χ1n) is 10.2. The van der Waals surface area contributed by atoms with Crippen LogP contribution < -0.4 is 5.32 Å². The van der Waals surface area contributed by atoms with Crippen molar-refractivity contribution in [3.63, 3.8) is 0 Å². The number of nitrogens with zero attached hydrogens (tertiary/aromatic N) is 1. The summed E-state index contributed by atoms with van der Waals surface area (Å²) in [6, 6.07) is 9.18. The molecule has 0 unspecified atom stereocenters. The molecule has 0 radical (unpaired) electrons. The van der Waals surface area contributed by atoms with Crippen LogP contribution in [-0.4, -0.2) is 30.9 Å². The average Bonchev–Trinajstić information content (AvgIpc) is 2.72. The molecule has 0 spiro atoms. The molecule has 0 bridgehead atoms. The molecule has 2 aromatic rings. The van der Waals surface area contributed by atoms with Crippen molar-refractivity contribution in [2.24, 2.45) is 5.92 Å². The Balaban J connectivity index is 1.84. The number of piperidine rings is 1. The second kappa shape index (κ2) is 9.13. The topological polar surface area (TPSA) is 32.3 Å². The fraction of sp³-hybridized carbons (Fsp3) is 0.435. The van der Waals surface area contributed by atoms with Gasteiger partial charge in [0.05, 0.1) is 11.1 Å². The molecule has 9 heteroatoms. The number of amides is 1. The number of carbonyl (C=O) groups is 1. The van der Waals surface area contributed by atoms with Gasteiger partial charge in [0.2, 0.25) is 5.91 Å². The Hall–Kier alpha value is -2.55. The monoisotopic (exact) mass is 458 g/mol. The van der Waals surface area contributed by atoms with E-state index in [0.29, 0.717) is 31.6 Å². The number of alkyl halides is 6. The van der Waals surface area contributed by atoms with Crippen LogP contribution in [0, 0.1) is 12.8 Å². The maximum Gasteiger partial charge on any atom is 0.416 e. The molecule has 1 heterocycles. The number of benzene rings is 2. The van der Waals surface area contributed by atoms with E-state index in [9.17, 15) is 31.1 Å². The minimum Gasteiger partial charge on any atom is -0.341 e. The Kier molecular flexibility index (Phi) is 6.88. The van der Waals surface area contributed by atoms with Gasteiger partial charge >= 0.3 is 12.4 Å². The number of aryl methyl sites for hydroxylation is 1. The summed E-state index contributed by atoms with van der Waals surface area (Å²) in [4.78, 5) is 14.4. The number of carbonyl (C=O) groups excluding carboxylic acids is 1. The maximum atomic E-state index is 13.2. The van der Waals surface area contributed by atoms with Gasteiger partial charge in [-0.2, -0.15) is 26.3 Å². The van der Waals surface area contributed by atoms with Crippen molar-refractivity contribution in [2.45, 2.75) is 38.2 Å². The summed E-state index contributed by atoms with van der Waals surface area (Å²) in [5.74, 6) is -0.855. The van der Waals surface area contributed by atoms with Gasteiger partial charge in [-0.15, -0.1) is 0 Å². The van der Waals surface area contributed by atoms with Crippen molar-refractivity contribution in [3.05, 3.63) is 70.3 Å². The lowest BCUT2D eigenvalue weighted by Crippen LogP contribution is -2.43. The van der Waals surface area contributed by atoms with E-state index in [1.54, 1.807) is 0 Å². The summed E-state index contributed by atoms with van der Waals surface area (Å²) in [7, 11) is 1.41. The molecule has 0 aliphatic carbocycles. The van der Waals surface area contributed by atoms with Crippen molar-refractivity contribution in [3.8, 4) is 0 Å². The number of hydrogen-bond acceptors (Lipinski definition) is 2. The smallest absolute Gasteiger partial charge is 0.341 e. The van der Waals surface area contributed by atoms with Crippen LogP contribution >= 0.6 is 0 Å². The highest BCUT2D eigenvalue weighted by Crippen LogP contribution is 2.37. The van der Waals surface area contributed by atoms with Crippen LogP contribution in [0.15, 0.2) is 42.5 Å². The molecule has 1 fully saturated rings. The highest BCUT2D eigenvalue weighted by atomic mass is 19.4. The van der Waals surface area contributed by atoms with Crippen molar-refractivity contribution in [1.82, 2.24) is 10.2 Å². The van der Waals surface area contributed by atoms with E-state index in [2.05, 4.69) is 5.32 Å². The van der Waals surface area contributed by atoms with E-state index in [4.69, 9.17) is 0 Å². The molecule has 3 nitrogen and oxygen atoms in total. The van der Waals surface area contributed by atoms with Gasteiger partial charge in [0, 0.05) is 32.0 Å². The van der Waals surface area contributed by atoms with Crippen molar-refractivity contribution in [1.29, 1.82) is 0 Å². The van der Waals surface area contributed by atoms with E-state index in [1.807, 2.05) is 31.2 Å². The summed E-state index contributed by atoms with van der Waals surface area (Å²) in [5, 5.41) is 3.25. The average molecular weight is 458 g/mol. The summed E-state index contributed by atoms with van der Waals surface area (Å²) < 4.78 is 78.8. The molecule has 1 amide bonds. The first-order valence-corrected chi connectivity index (χ1v) is 10.2. The van der Waals surface area contributed by atoms with Gasteiger partial charge in [0.1, 0.15) is 0 Å². The minimum atomic E-state index is -4.93. The van der Waals surface area contributed by atoms with Crippen LogP contribution in [0.1, 0.15) is 40.2 Å². The van der Waals surface area contributed by atoms with Crippen LogP contribution in [0.2, 0.25) is 0 Å². The molecule has 1 aliphatic heterocycles. The quantitative estimate of drug-likeness (QED) is 0.624. The number of hydrogen-bond donors (Lipinski definition) is 1. The first-order chi connectivity index (χ1) is 14.9. The zero-order valence-electron chi connectivity index (χ0n) is 17.6. The standard InChI is InChI=1S/C23H24F6N2O/c1-14-3-5-16(6-4-14)20-12-30-8-7-19(20)21(32)31(2)13-15-9-17(22(24,25)26)11-18(10-15)23(27,28)29/h3-6,9-11,19-20,30H,7-8,12-13H2,1-2H3/t19-,20+/m1/s1. The van der Waals surface area contributed by atoms with E-state index in [-0.39, 0.29) is 30.0 Å². The summed E-state index contributed by atoms with van der Waals surface area (Å²) in [5.41, 5.74) is -0.954. The molecule has 32 heavy (non-hydrogen) atoms. The third kappa shape index (κ3) is 5.62. The highest BCUT2D eigenvalue weighted by molar-refractivity contribution is 5.80. The summed E-state index contributed by atoms with van der Waals surface area (Å²) >= 11 is 0. The number of halogens is 6. The van der Waals surface area contributed by atoms with Gasteiger partial charge in [0.25, 0.3) is 0 Å². The van der Waals surface area contributed by atoms with Crippen LogP contribution in [0.5, 0.6) is 0 Å². The largest absolute Gasteiger partial charge is 0.416 e. The maximum absolute atomic E-state index is 13.2. The molecule has 2 atom stereocenters. The van der Waals surface area contributed by atoms with Gasteiger partial charge in [-0.05, 0) is 49.2 Å². The van der Waals surface area contributed by atoms with Crippen LogP contribution in [-0.2, 0) is 23.7 Å². The van der Waals surface area contributed by atoms with Crippen molar-refractivity contribution < 1.29 is 31.1 Å². The van der Waals surface area contributed by atoms with Crippen LogP contribution in [0.3, 0.4) is 0 Å². The Morgan fingerprint density at radius 1 is 1.00 bits per heavy atom. The fourth-order valence-corrected chi connectivity index (χ4v) is 4.06. The lowest BCUT2D eigenvalue weighted by atomic mass is 9.80. The Labute approximate surface area is 182 Å². The van der Waals surface area contributed by atoms with E-state index < -0.39 is 29.4 Å². The molecule has 1 aliphatic rings. The van der Waals surface area contributed by atoms with E-state index >= 15 is 0 Å². The van der Waals surface area contributed by atoms with Gasteiger partial charge in [-0.1, -0.05) is 29.8 Å². The van der Waals surface area contributed by atoms with Gasteiger partial charge in [-0.3, -0.25) is 4.79 Å². The predicted octanol–water partition coefficient (Wildman–Crippen LogP) is 5.38. The first kappa shape index (κ1) is 24.1. The Morgan fingerprint density at radius 3 is 2.09 bits per heavy atom. The lowest BCUT2D eigenvalue weighted by molar-refractivity contribution is -0.143. The van der Waals surface area contributed by atoms with Crippen LogP contribution in [0.25, 0.3) is 0 Å². The molecular weight excluding hydrogens is 434 g/mol. The molecule has 2 aromatic carbocycles. The third-order valence-corrected chi connectivity index (χ3v) is 5.75. The summed E-state index contributed by atoms with van der Waals surface area (Å²) in [6.45, 7) is 2.77. The fourth-order valence-electron chi connectivity index (χ4n) is 4.06. The van der Waals surface area contributed by atoms with Gasteiger partial charge in [0.15, 0.2) is 0 Å². The van der Waals surface area contributed by atoms with Crippen molar-refractivity contribution >= 4 is 5.91 Å². The lowest BCUT2D eigenvalue weighted by Gasteiger charge is -2.34. The Morgan fingerprint density at radius 2 is 1.56 bits per heavy atom. The molecule has 0 aromatic heterocycles. The normalized spacial score (nSPS) is 19.6. The van der Waals surface area contributed by atoms with E-state index in [1.165, 1.54) is 11.9 Å². The SMILES string of the molecule is Cc1ccc([C@@H]2CNCC[C@H]2C(=O)N(C)Cc2cc(C(F)(F)F)cc(C(F)(F)F)c2)cc1. The zero-order chi connectivity index (χ0) is 23.7. The van der Waals surface area contributed by atoms with Crippen LogP contribution in [0.4, 0.5) is 26.3 Å². The summed E-state index contributed by atoms with van der Waals surface area (Å²) in [6.07, 6.45) is -9.33.